The van der Waals surface area contributed by atoms with Gasteiger partial charge in [-0.2, -0.15) is 0 Å². The number of ether oxygens (including phenoxy) is 1. The molecule has 0 amide bonds. The van der Waals surface area contributed by atoms with E-state index in [2.05, 4.69) is 0 Å². The predicted molar refractivity (Wildman–Crippen MR) is 63.5 cm³/mol. The average molecular weight is 276 g/mol. The Labute approximate surface area is 107 Å². The van der Waals surface area contributed by atoms with Crippen LogP contribution in [0.3, 0.4) is 0 Å². The Kier molecular flexibility index (Phi) is 5.91. The molecule has 0 fully saturated rings. The normalized spacial score (nSPS) is 12.2. The van der Waals surface area contributed by atoms with E-state index in [0.29, 0.717) is 0 Å². The maximum atomic E-state index is 12.9. The van der Waals surface area contributed by atoms with Gasteiger partial charge in [0.1, 0.15) is 5.75 Å². The van der Waals surface area contributed by atoms with Crippen molar-refractivity contribution in [1.29, 1.82) is 0 Å². The second kappa shape index (κ2) is 7.20. The molecule has 18 heavy (non-hydrogen) atoms. The molecule has 1 unspecified atom stereocenters. The largest absolute Gasteiger partial charge is 0.465 e. The minimum atomic E-state index is -1.72. The van der Waals surface area contributed by atoms with Crippen LogP contribution in [0.15, 0.2) is 23.1 Å². The summed E-state index contributed by atoms with van der Waals surface area (Å²) in [5.41, 5.74) is 0. The SMILES string of the molecule is CCCCOC(=O)CS(=O)c1ccc(F)c(F)c1. The number of unbranched alkanes of at least 4 members (excludes halogenated alkanes) is 1. The third kappa shape index (κ3) is 4.52. The molecular formula is C12H14F2O3S. The van der Waals surface area contributed by atoms with Crippen LogP contribution in [0.5, 0.6) is 0 Å². The van der Waals surface area contributed by atoms with Gasteiger partial charge in [-0.05, 0) is 24.6 Å². The molecule has 1 aromatic rings. The number of hydrogen-bond donors (Lipinski definition) is 0. The molecule has 1 aromatic carbocycles. The van der Waals surface area contributed by atoms with Crippen molar-refractivity contribution < 1.29 is 22.5 Å². The fourth-order valence-corrected chi connectivity index (χ4v) is 2.10. The number of benzene rings is 1. The third-order valence-corrected chi connectivity index (χ3v) is 3.44. The van der Waals surface area contributed by atoms with Crippen LogP contribution in [0.4, 0.5) is 8.78 Å². The van der Waals surface area contributed by atoms with Gasteiger partial charge in [0.05, 0.1) is 17.4 Å². The van der Waals surface area contributed by atoms with Gasteiger partial charge in [-0.15, -0.1) is 0 Å². The molecule has 0 aliphatic rings. The first-order chi connectivity index (χ1) is 8.54. The predicted octanol–water partition coefficient (Wildman–Crippen LogP) is 2.42. The Hall–Kier alpha value is -1.30. The molecule has 0 aromatic heterocycles. The van der Waals surface area contributed by atoms with Crippen LogP contribution in [0.1, 0.15) is 19.8 Å². The highest BCUT2D eigenvalue weighted by molar-refractivity contribution is 7.85. The summed E-state index contributed by atoms with van der Waals surface area (Å²) in [7, 11) is -1.72. The van der Waals surface area contributed by atoms with Gasteiger partial charge < -0.3 is 4.74 Å². The molecular weight excluding hydrogens is 262 g/mol. The van der Waals surface area contributed by atoms with Crippen LogP contribution in [0, 0.1) is 11.6 Å². The Morgan fingerprint density at radius 2 is 2.06 bits per heavy atom. The van der Waals surface area contributed by atoms with Gasteiger partial charge in [0.15, 0.2) is 11.6 Å². The first kappa shape index (κ1) is 14.8. The van der Waals surface area contributed by atoms with Crippen LogP contribution in [-0.2, 0) is 20.3 Å². The molecule has 0 saturated heterocycles. The summed E-state index contributed by atoms with van der Waals surface area (Å²) < 4.78 is 42.1. The van der Waals surface area contributed by atoms with E-state index in [-0.39, 0.29) is 17.3 Å². The van der Waals surface area contributed by atoms with Crippen molar-refractivity contribution in [3.05, 3.63) is 29.8 Å². The summed E-state index contributed by atoms with van der Waals surface area (Å²) in [4.78, 5) is 11.3. The molecule has 0 radical (unpaired) electrons. The maximum absolute atomic E-state index is 12.9. The lowest BCUT2D eigenvalue weighted by atomic mass is 10.3. The lowest BCUT2D eigenvalue weighted by molar-refractivity contribution is -0.140. The summed E-state index contributed by atoms with van der Waals surface area (Å²) in [6, 6.07) is 2.89. The minimum Gasteiger partial charge on any atom is -0.465 e. The van der Waals surface area contributed by atoms with E-state index in [4.69, 9.17) is 4.74 Å². The quantitative estimate of drug-likeness (QED) is 0.592. The topological polar surface area (TPSA) is 43.4 Å². The zero-order valence-corrected chi connectivity index (χ0v) is 10.8. The summed E-state index contributed by atoms with van der Waals surface area (Å²) in [6.45, 7) is 2.23. The van der Waals surface area contributed by atoms with Crippen molar-refractivity contribution in [3.63, 3.8) is 0 Å². The van der Waals surface area contributed by atoms with Crippen LogP contribution in [0.25, 0.3) is 0 Å². The summed E-state index contributed by atoms with van der Waals surface area (Å²) in [5, 5.41) is 0. The van der Waals surface area contributed by atoms with Crippen LogP contribution in [-0.4, -0.2) is 22.5 Å². The van der Waals surface area contributed by atoms with Gasteiger partial charge in [0.2, 0.25) is 0 Å². The highest BCUT2D eigenvalue weighted by atomic mass is 32.2. The summed E-state index contributed by atoms with van der Waals surface area (Å²) >= 11 is 0. The van der Waals surface area contributed by atoms with Gasteiger partial charge in [0.25, 0.3) is 0 Å². The van der Waals surface area contributed by atoms with Crippen LogP contribution >= 0.6 is 0 Å². The Morgan fingerprint density at radius 1 is 1.33 bits per heavy atom. The van der Waals surface area contributed by atoms with Gasteiger partial charge in [-0.1, -0.05) is 13.3 Å². The smallest absolute Gasteiger partial charge is 0.318 e. The molecule has 6 heteroatoms. The fourth-order valence-electron chi connectivity index (χ4n) is 1.18. The first-order valence-corrected chi connectivity index (χ1v) is 6.85. The molecule has 0 aliphatic heterocycles. The van der Waals surface area contributed by atoms with E-state index in [0.717, 1.165) is 25.0 Å². The van der Waals surface area contributed by atoms with Crippen molar-refractivity contribution in [2.75, 3.05) is 12.4 Å². The molecule has 3 nitrogen and oxygen atoms in total. The van der Waals surface area contributed by atoms with Gasteiger partial charge in [-0.3, -0.25) is 9.00 Å². The maximum Gasteiger partial charge on any atom is 0.318 e. The van der Waals surface area contributed by atoms with Gasteiger partial charge in [-0.25, -0.2) is 8.78 Å². The van der Waals surface area contributed by atoms with E-state index in [9.17, 15) is 17.8 Å². The van der Waals surface area contributed by atoms with Crippen molar-refractivity contribution in [1.82, 2.24) is 0 Å². The molecule has 0 saturated carbocycles. The molecule has 0 N–H and O–H groups in total. The molecule has 0 heterocycles. The monoisotopic (exact) mass is 276 g/mol. The Morgan fingerprint density at radius 3 is 2.67 bits per heavy atom. The highest BCUT2D eigenvalue weighted by Gasteiger charge is 2.13. The van der Waals surface area contributed by atoms with Crippen molar-refractivity contribution >= 4 is 16.8 Å². The first-order valence-electron chi connectivity index (χ1n) is 5.53. The highest BCUT2D eigenvalue weighted by Crippen LogP contribution is 2.12. The average Bonchev–Trinajstić information content (AvgIpc) is 2.33. The third-order valence-electron chi connectivity index (χ3n) is 2.16. The van der Waals surface area contributed by atoms with Crippen LogP contribution in [0.2, 0.25) is 0 Å². The zero-order chi connectivity index (χ0) is 13.5. The van der Waals surface area contributed by atoms with Gasteiger partial charge in [0, 0.05) is 4.90 Å². The molecule has 0 bridgehead atoms. The van der Waals surface area contributed by atoms with Gasteiger partial charge >= 0.3 is 5.97 Å². The molecule has 1 rings (SSSR count). The second-order valence-corrected chi connectivity index (χ2v) is 5.09. The Bertz CT molecular complexity index is 449. The van der Waals surface area contributed by atoms with E-state index >= 15 is 0 Å². The number of halogens is 2. The number of carbonyl (C=O) groups is 1. The van der Waals surface area contributed by atoms with E-state index in [1.54, 1.807) is 0 Å². The zero-order valence-electron chi connectivity index (χ0n) is 9.95. The van der Waals surface area contributed by atoms with Crippen molar-refractivity contribution in [2.24, 2.45) is 0 Å². The lowest BCUT2D eigenvalue weighted by Gasteiger charge is -2.04. The molecule has 100 valence electrons. The molecule has 1 atom stereocenters. The summed E-state index contributed by atoms with van der Waals surface area (Å²) in [5.74, 6) is -3.05. The number of esters is 1. The Balaban J connectivity index is 2.54. The van der Waals surface area contributed by atoms with E-state index in [1.165, 1.54) is 6.07 Å². The fraction of sp³-hybridized carbons (Fsp3) is 0.417. The molecule has 0 aliphatic carbocycles. The minimum absolute atomic E-state index is 0.0707. The lowest BCUT2D eigenvalue weighted by Crippen LogP contribution is -2.15. The number of rotatable bonds is 6. The van der Waals surface area contributed by atoms with E-state index in [1.807, 2.05) is 6.92 Å². The van der Waals surface area contributed by atoms with E-state index < -0.39 is 28.4 Å². The summed E-state index contributed by atoms with van der Waals surface area (Å²) in [6.07, 6.45) is 1.63. The number of hydrogen-bond acceptors (Lipinski definition) is 3. The number of carbonyl (C=O) groups excluding carboxylic acids is 1. The van der Waals surface area contributed by atoms with Crippen LogP contribution < -0.4 is 0 Å². The second-order valence-electron chi connectivity index (χ2n) is 3.64. The van der Waals surface area contributed by atoms with Crippen molar-refractivity contribution in [2.45, 2.75) is 24.7 Å². The molecule has 0 spiro atoms. The van der Waals surface area contributed by atoms with Crippen molar-refractivity contribution in [3.8, 4) is 0 Å². The standard InChI is InChI=1S/C12H14F2O3S/c1-2-3-6-17-12(15)8-18(16)9-4-5-10(13)11(14)7-9/h4-5,7H,2-3,6,8H2,1H3.